The van der Waals surface area contributed by atoms with E-state index >= 15 is 0 Å². The van der Waals surface area contributed by atoms with Gasteiger partial charge >= 0.3 is 0 Å². The van der Waals surface area contributed by atoms with Crippen LogP contribution < -0.4 is 10.6 Å². The Morgan fingerprint density at radius 1 is 1.37 bits per heavy atom. The summed E-state index contributed by atoms with van der Waals surface area (Å²) in [4.78, 5) is 2.49. The van der Waals surface area contributed by atoms with Crippen LogP contribution in [0.2, 0.25) is 0 Å². The van der Waals surface area contributed by atoms with Crippen LogP contribution in [0.5, 0.6) is 0 Å². The van der Waals surface area contributed by atoms with Crippen LogP contribution in [-0.2, 0) is 6.42 Å². The largest absolute Gasteiger partial charge is 0.363 e. The molecule has 0 saturated carbocycles. The molecule has 0 fully saturated rings. The van der Waals surface area contributed by atoms with Gasteiger partial charge in [0.1, 0.15) is 0 Å². The average molecular weight is 272 g/mol. The predicted molar refractivity (Wildman–Crippen MR) is 83.0 cm³/mol. The molecule has 1 aliphatic rings. The summed E-state index contributed by atoms with van der Waals surface area (Å²) < 4.78 is 0. The second-order valence-corrected chi connectivity index (χ2v) is 6.02. The molecule has 1 aromatic heterocycles. The Bertz CT molecular complexity index is 548. The molecule has 0 saturated heterocycles. The molecule has 1 unspecified atom stereocenters. The van der Waals surface area contributed by atoms with Gasteiger partial charge in [-0.25, -0.2) is 0 Å². The van der Waals surface area contributed by atoms with Crippen LogP contribution in [0.4, 0.5) is 5.69 Å². The fraction of sp³-hybridized carbons (Fsp3) is 0.375. The van der Waals surface area contributed by atoms with Crippen molar-refractivity contribution < 1.29 is 0 Å². The average Bonchev–Trinajstić information content (AvgIpc) is 2.93. The van der Waals surface area contributed by atoms with E-state index in [1.165, 1.54) is 35.2 Å². The minimum Gasteiger partial charge on any atom is -0.363 e. The SMILES string of the molecule is Cc1ccc2c(c1)CCCN2C(CN)c1ccsc1. The first-order chi connectivity index (χ1) is 9.29. The summed E-state index contributed by atoms with van der Waals surface area (Å²) in [5, 5.41) is 4.36. The third kappa shape index (κ3) is 2.40. The Morgan fingerprint density at radius 3 is 3.00 bits per heavy atom. The molecule has 0 bridgehead atoms. The van der Waals surface area contributed by atoms with Crippen molar-refractivity contribution in [2.45, 2.75) is 25.8 Å². The second kappa shape index (κ2) is 5.35. The zero-order valence-corrected chi connectivity index (χ0v) is 12.1. The number of hydrogen-bond acceptors (Lipinski definition) is 3. The third-order valence-corrected chi connectivity index (χ3v) is 4.62. The smallest absolute Gasteiger partial charge is 0.0672 e. The van der Waals surface area contributed by atoms with Gasteiger partial charge in [-0.15, -0.1) is 0 Å². The highest BCUT2D eigenvalue weighted by Gasteiger charge is 2.24. The molecule has 3 heteroatoms. The van der Waals surface area contributed by atoms with E-state index in [-0.39, 0.29) is 0 Å². The summed E-state index contributed by atoms with van der Waals surface area (Å²) in [6, 6.07) is 9.30. The second-order valence-electron chi connectivity index (χ2n) is 5.24. The van der Waals surface area contributed by atoms with E-state index in [1.807, 2.05) is 0 Å². The van der Waals surface area contributed by atoms with Crippen molar-refractivity contribution in [1.29, 1.82) is 0 Å². The van der Waals surface area contributed by atoms with Gasteiger partial charge in [0.05, 0.1) is 6.04 Å². The zero-order valence-electron chi connectivity index (χ0n) is 11.3. The number of aryl methyl sites for hydroxylation is 2. The Kier molecular flexibility index (Phi) is 3.58. The zero-order chi connectivity index (χ0) is 13.2. The van der Waals surface area contributed by atoms with Gasteiger partial charge in [0.15, 0.2) is 0 Å². The van der Waals surface area contributed by atoms with E-state index in [0.717, 1.165) is 6.54 Å². The lowest BCUT2D eigenvalue weighted by Gasteiger charge is -2.37. The lowest BCUT2D eigenvalue weighted by molar-refractivity contribution is 0.589. The first-order valence-corrected chi connectivity index (χ1v) is 7.82. The van der Waals surface area contributed by atoms with Gasteiger partial charge in [-0.1, -0.05) is 17.7 Å². The molecule has 0 spiro atoms. The molecule has 0 aliphatic carbocycles. The Morgan fingerprint density at radius 2 is 2.26 bits per heavy atom. The van der Waals surface area contributed by atoms with Crippen molar-refractivity contribution in [3.8, 4) is 0 Å². The van der Waals surface area contributed by atoms with E-state index < -0.39 is 0 Å². The summed E-state index contributed by atoms with van der Waals surface area (Å²) in [6.45, 7) is 3.94. The van der Waals surface area contributed by atoms with E-state index in [9.17, 15) is 0 Å². The summed E-state index contributed by atoms with van der Waals surface area (Å²) in [7, 11) is 0. The van der Waals surface area contributed by atoms with Crippen LogP contribution in [0.15, 0.2) is 35.0 Å². The van der Waals surface area contributed by atoms with Crippen molar-refractivity contribution >= 4 is 17.0 Å². The van der Waals surface area contributed by atoms with Crippen LogP contribution in [0, 0.1) is 6.92 Å². The summed E-state index contributed by atoms with van der Waals surface area (Å²) >= 11 is 1.75. The molecule has 1 aliphatic heterocycles. The molecular formula is C16H20N2S. The van der Waals surface area contributed by atoms with Gasteiger partial charge in [-0.3, -0.25) is 0 Å². The fourth-order valence-corrected chi connectivity index (χ4v) is 3.69. The van der Waals surface area contributed by atoms with Gasteiger partial charge in [-0.2, -0.15) is 11.3 Å². The van der Waals surface area contributed by atoms with Gasteiger partial charge in [0.25, 0.3) is 0 Å². The lowest BCUT2D eigenvalue weighted by atomic mass is 9.96. The van der Waals surface area contributed by atoms with Crippen LogP contribution in [0.1, 0.15) is 29.2 Å². The molecular weight excluding hydrogens is 252 g/mol. The van der Waals surface area contributed by atoms with Crippen molar-refractivity contribution in [2.24, 2.45) is 5.73 Å². The van der Waals surface area contributed by atoms with Crippen molar-refractivity contribution in [3.63, 3.8) is 0 Å². The minimum atomic E-state index is 0.313. The maximum atomic E-state index is 6.04. The van der Waals surface area contributed by atoms with E-state index in [0.29, 0.717) is 12.6 Å². The van der Waals surface area contributed by atoms with Crippen molar-refractivity contribution in [2.75, 3.05) is 18.0 Å². The highest BCUT2D eigenvalue weighted by Crippen LogP contribution is 2.34. The highest BCUT2D eigenvalue weighted by atomic mass is 32.1. The Labute approximate surface area is 118 Å². The first kappa shape index (κ1) is 12.7. The Balaban J connectivity index is 1.98. The molecule has 100 valence electrons. The van der Waals surface area contributed by atoms with Crippen LogP contribution in [-0.4, -0.2) is 13.1 Å². The maximum absolute atomic E-state index is 6.04. The van der Waals surface area contributed by atoms with E-state index in [1.54, 1.807) is 11.3 Å². The van der Waals surface area contributed by atoms with Crippen LogP contribution in [0.25, 0.3) is 0 Å². The number of fused-ring (bicyclic) bond motifs is 1. The molecule has 0 amide bonds. The number of rotatable bonds is 3. The standard InChI is InChI=1S/C16H20N2S/c1-12-4-5-15-13(9-12)3-2-7-18(15)16(10-17)14-6-8-19-11-14/h4-6,8-9,11,16H,2-3,7,10,17H2,1H3. The fourth-order valence-electron chi connectivity index (χ4n) is 2.99. The lowest BCUT2D eigenvalue weighted by Crippen LogP contribution is -2.37. The molecule has 0 radical (unpaired) electrons. The molecule has 2 heterocycles. The molecule has 1 aromatic carbocycles. The topological polar surface area (TPSA) is 29.3 Å². The first-order valence-electron chi connectivity index (χ1n) is 6.88. The van der Waals surface area contributed by atoms with E-state index in [2.05, 4.69) is 46.8 Å². The summed E-state index contributed by atoms with van der Waals surface area (Å²) in [5.41, 5.74) is 11.6. The van der Waals surface area contributed by atoms with Crippen LogP contribution >= 0.6 is 11.3 Å². The van der Waals surface area contributed by atoms with Crippen molar-refractivity contribution in [1.82, 2.24) is 0 Å². The molecule has 3 rings (SSSR count). The molecule has 19 heavy (non-hydrogen) atoms. The highest BCUT2D eigenvalue weighted by molar-refractivity contribution is 7.08. The minimum absolute atomic E-state index is 0.313. The maximum Gasteiger partial charge on any atom is 0.0672 e. The number of nitrogens with zero attached hydrogens (tertiary/aromatic N) is 1. The molecule has 2 N–H and O–H groups in total. The third-order valence-electron chi connectivity index (χ3n) is 3.92. The predicted octanol–water partition coefficient (Wildman–Crippen LogP) is 3.51. The number of thiophene rings is 1. The van der Waals surface area contributed by atoms with E-state index in [4.69, 9.17) is 5.73 Å². The van der Waals surface area contributed by atoms with Crippen LogP contribution in [0.3, 0.4) is 0 Å². The molecule has 2 nitrogen and oxygen atoms in total. The summed E-state index contributed by atoms with van der Waals surface area (Å²) in [5.74, 6) is 0. The normalized spacial score (nSPS) is 16.2. The van der Waals surface area contributed by atoms with Gasteiger partial charge in [0, 0.05) is 18.8 Å². The number of anilines is 1. The number of benzene rings is 1. The number of nitrogens with two attached hydrogens (primary N) is 1. The summed E-state index contributed by atoms with van der Waals surface area (Å²) in [6.07, 6.45) is 2.41. The molecule has 2 aromatic rings. The number of hydrogen-bond donors (Lipinski definition) is 1. The van der Waals surface area contributed by atoms with Gasteiger partial charge in [-0.05, 0) is 53.8 Å². The van der Waals surface area contributed by atoms with Gasteiger partial charge < -0.3 is 10.6 Å². The monoisotopic (exact) mass is 272 g/mol. The Hall–Kier alpha value is -1.32. The van der Waals surface area contributed by atoms with Gasteiger partial charge in [0.2, 0.25) is 0 Å². The van der Waals surface area contributed by atoms with Crippen molar-refractivity contribution in [3.05, 3.63) is 51.7 Å². The quantitative estimate of drug-likeness (QED) is 0.926. The molecule has 1 atom stereocenters.